The number of nitrogens with zero attached hydrogens (tertiary/aromatic N) is 3. The van der Waals surface area contributed by atoms with Gasteiger partial charge in [0.2, 0.25) is 0 Å². The molecule has 0 atom stereocenters. The Morgan fingerprint density at radius 2 is 1.87 bits per heavy atom. The molecule has 0 saturated heterocycles. The second kappa shape index (κ2) is 8.81. The first kappa shape index (κ1) is 21.7. The fourth-order valence-electron chi connectivity index (χ4n) is 2.91. The Bertz CT molecular complexity index is 1250. The zero-order valence-corrected chi connectivity index (χ0v) is 17.6. The number of ether oxygens (including phenoxy) is 1. The van der Waals surface area contributed by atoms with Gasteiger partial charge in [0.1, 0.15) is 11.6 Å². The summed E-state index contributed by atoms with van der Waals surface area (Å²) in [5.41, 5.74) is 2.65. The lowest BCUT2D eigenvalue weighted by atomic mass is 10.0. The SMILES string of the molecule is COC(=O)c1ccc(C)c(-c2nnc3ccc(Sc4ccc(F)cc4F)cn23)c1.Cl. The second-order valence-electron chi connectivity index (χ2n) is 6.31. The third kappa shape index (κ3) is 4.15. The number of fused-ring (bicyclic) bond motifs is 1. The van der Waals surface area contributed by atoms with Crippen LogP contribution in [0.1, 0.15) is 15.9 Å². The number of hydrogen-bond donors (Lipinski definition) is 0. The van der Waals surface area contributed by atoms with Crippen LogP contribution in [0.3, 0.4) is 0 Å². The number of rotatable bonds is 4. The molecule has 30 heavy (non-hydrogen) atoms. The summed E-state index contributed by atoms with van der Waals surface area (Å²) < 4.78 is 33.7. The standard InChI is InChI=1S/C21H15F2N3O2S.ClH/c1-12-3-4-13(21(27)28-2)9-16(12)20-25-24-19-8-6-15(11-26(19)20)29-18-7-5-14(22)10-17(18)23;/h3-11H,1-2H3;1H. The minimum Gasteiger partial charge on any atom is -0.465 e. The molecule has 9 heteroatoms. The number of aromatic nitrogens is 3. The lowest BCUT2D eigenvalue weighted by Gasteiger charge is -2.08. The first-order valence-corrected chi connectivity index (χ1v) is 9.45. The van der Waals surface area contributed by atoms with Crippen LogP contribution in [0.2, 0.25) is 0 Å². The van der Waals surface area contributed by atoms with E-state index in [1.807, 2.05) is 13.0 Å². The number of aryl methyl sites for hydroxylation is 1. The summed E-state index contributed by atoms with van der Waals surface area (Å²) in [4.78, 5) is 12.9. The van der Waals surface area contributed by atoms with E-state index < -0.39 is 17.6 Å². The molecule has 0 saturated carbocycles. The van der Waals surface area contributed by atoms with Crippen molar-refractivity contribution < 1.29 is 18.3 Å². The van der Waals surface area contributed by atoms with E-state index in [9.17, 15) is 13.6 Å². The van der Waals surface area contributed by atoms with Gasteiger partial charge in [0.05, 0.1) is 12.7 Å². The fourth-order valence-corrected chi connectivity index (χ4v) is 3.75. The Morgan fingerprint density at radius 3 is 2.60 bits per heavy atom. The van der Waals surface area contributed by atoms with Gasteiger partial charge >= 0.3 is 5.97 Å². The minimum absolute atomic E-state index is 0. The molecular formula is C21H16ClF2N3O2S. The van der Waals surface area contributed by atoms with Crippen LogP contribution >= 0.6 is 24.2 Å². The number of benzene rings is 2. The topological polar surface area (TPSA) is 56.5 Å². The van der Waals surface area contributed by atoms with Crippen LogP contribution in [0.5, 0.6) is 0 Å². The molecule has 0 unspecified atom stereocenters. The van der Waals surface area contributed by atoms with Crippen LogP contribution in [0, 0.1) is 18.6 Å². The van der Waals surface area contributed by atoms with Crippen molar-refractivity contribution in [1.82, 2.24) is 14.6 Å². The highest BCUT2D eigenvalue weighted by Crippen LogP contribution is 2.32. The van der Waals surface area contributed by atoms with E-state index in [4.69, 9.17) is 4.74 Å². The van der Waals surface area contributed by atoms with E-state index in [0.29, 0.717) is 21.9 Å². The van der Waals surface area contributed by atoms with Crippen molar-refractivity contribution in [1.29, 1.82) is 0 Å². The van der Waals surface area contributed by atoms with E-state index in [-0.39, 0.29) is 12.4 Å². The third-order valence-electron chi connectivity index (χ3n) is 4.40. The van der Waals surface area contributed by atoms with Gasteiger partial charge in [0.15, 0.2) is 11.5 Å². The molecule has 5 nitrogen and oxygen atoms in total. The van der Waals surface area contributed by atoms with Gasteiger partial charge in [-0.3, -0.25) is 4.40 Å². The first-order chi connectivity index (χ1) is 14.0. The molecule has 0 spiro atoms. The van der Waals surface area contributed by atoms with Gasteiger partial charge in [0.25, 0.3) is 0 Å². The van der Waals surface area contributed by atoms with Gasteiger partial charge in [-0.25, -0.2) is 13.6 Å². The Morgan fingerprint density at radius 1 is 1.07 bits per heavy atom. The van der Waals surface area contributed by atoms with Gasteiger partial charge in [0, 0.05) is 27.6 Å². The monoisotopic (exact) mass is 447 g/mol. The van der Waals surface area contributed by atoms with Crippen LogP contribution < -0.4 is 0 Å². The van der Waals surface area contributed by atoms with Crippen LogP contribution in [0.4, 0.5) is 8.78 Å². The molecule has 2 aromatic heterocycles. The number of esters is 1. The highest BCUT2D eigenvalue weighted by atomic mass is 35.5. The van der Waals surface area contributed by atoms with Crippen LogP contribution in [-0.4, -0.2) is 27.7 Å². The Balaban J connectivity index is 0.00000256. The molecule has 154 valence electrons. The van der Waals surface area contributed by atoms with E-state index in [1.165, 1.54) is 31.0 Å². The highest BCUT2D eigenvalue weighted by molar-refractivity contribution is 7.99. The summed E-state index contributed by atoms with van der Waals surface area (Å²) in [6, 6.07) is 12.2. The number of carbonyl (C=O) groups excluding carboxylic acids is 1. The largest absolute Gasteiger partial charge is 0.465 e. The fraction of sp³-hybridized carbons (Fsp3) is 0.0952. The normalized spacial score (nSPS) is 10.7. The maximum atomic E-state index is 14.0. The zero-order chi connectivity index (χ0) is 20.5. The van der Waals surface area contributed by atoms with Gasteiger partial charge in [-0.1, -0.05) is 17.8 Å². The number of carbonyl (C=O) groups is 1. The smallest absolute Gasteiger partial charge is 0.337 e. The summed E-state index contributed by atoms with van der Waals surface area (Å²) >= 11 is 1.17. The van der Waals surface area contributed by atoms with Crippen molar-refractivity contribution in [3.05, 3.63) is 77.5 Å². The molecule has 0 fully saturated rings. The van der Waals surface area contributed by atoms with Gasteiger partial charge in [-0.15, -0.1) is 22.6 Å². The molecule has 0 radical (unpaired) electrons. The predicted molar refractivity (Wildman–Crippen MR) is 112 cm³/mol. The molecule has 0 N–H and O–H groups in total. The van der Waals surface area contributed by atoms with E-state index >= 15 is 0 Å². The Kier molecular flexibility index (Phi) is 6.38. The second-order valence-corrected chi connectivity index (χ2v) is 7.43. The average Bonchev–Trinajstić information content (AvgIpc) is 3.13. The lowest BCUT2D eigenvalue weighted by Crippen LogP contribution is -2.02. The lowest BCUT2D eigenvalue weighted by molar-refractivity contribution is 0.0601. The quantitative estimate of drug-likeness (QED) is 0.395. The number of pyridine rings is 1. The molecule has 4 rings (SSSR count). The summed E-state index contributed by atoms with van der Waals surface area (Å²) in [5.74, 6) is -1.14. The number of methoxy groups -OCH3 is 1. The zero-order valence-electron chi connectivity index (χ0n) is 15.9. The summed E-state index contributed by atoms with van der Waals surface area (Å²) in [6.45, 7) is 1.91. The van der Waals surface area contributed by atoms with Crippen molar-refractivity contribution in [3.63, 3.8) is 0 Å². The number of halogens is 3. The van der Waals surface area contributed by atoms with Gasteiger partial charge < -0.3 is 4.74 Å². The maximum absolute atomic E-state index is 14.0. The van der Waals surface area contributed by atoms with Crippen LogP contribution in [0.15, 0.2) is 64.5 Å². The maximum Gasteiger partial charge on any atom is 0.337 e. The number of hydrogen-bond acceptors (Lipinski definition) is 5. The van der Waals surface area contributed by atoms with Crippen molar-refractivity contribution in [2.45, 2.75) is 16.7 Å². The first-order valence-electron chi connectivity index (χ1n) is 8.63. The van der Waals surface area contributed by atoms with Crippen molar-refractivity contribution >= 4 is 35.8 Å². The molecule has 4 aromatic rings. The Hall–Kier alpha value is -2.97. The molecule has 2 heterocycles. The summed E-state index contributed by atoms with van der Waals surface area (Å²) in [7, 11) is 1.33. The molecular weight excluding hydrogens is 432 g/mol. The molecule has 0 bridgehead atoms. The van der Waals surface area contributed by atoms with Crippen LogP contribution in [0.25, 0.3) is 17.0 Å². The van der Waals surface area contributed by atoms with E-state index in [1.54, 1.807) is 34.9 Å². The van der Waals surface area contributed by atoms with E-state index in [0.717, 1.165) is 22.1 Å². The van der Waals surface area contributed by atoms with Crippen LogP contribution in [-0.2, 0) is 4.74 Å². The molecule has 0 amide bonds. The van der Waals surface area contributed by atoms with Gasteiger partial charge in [-0.05, 0) is 48.9 Å². The molecule has 0 aliphatic heterocycles. The van der Waals surface area contributed by atoms with E-state index in [2.05, 4.69) is 10.2 Å². The van der Waals surface area contributed by atoms with Gasteiger partial charge in [-0.2, -0.15) is 0 Å². The summed E-state index contributed by atoms with van der Waals surface area (Å²) in [6.07, 6.45) is 1.78. The average molecular weight is 448 g/mol. The predicted octanol–water partition coefficient (Wildman–Crippen LogP) is 5.34. The Labute approximate surface area is 181 Å². The molecule has 2 aromatic carbocycles. The van der Waals surface area contributed by atoms with Crippen molar-refractivity contribution in [3.8, 4) is 11.4 Å². The van der Waals surface area contributed by atoms with Crippen molar-refractivity contribution in [2.75, 3.05) is 7.11 Å². The minimum atomic E-state index is -0.624. The summed E-state index contributed by atoms with van der Waals surface area (Å²) in [5, 5.41) is 8.43. The molecule has 0 aliphatic carbocycles. The van der Waals surface area contributed by atoms with Crippen molar-refractivity contribution in [2.24, 2.45) is 0 Å². The molecule has 0 aliphatic rings. The third-order valence-corrected chi connectivity index (χ3v) is 5.42. The highest BCUT2D eigenvalue weighted by Gasteiger charge is 2.15.